The molecule has 0 fully saturated rings. The molecule has 0 aliphatic heterocycles. The summed E-state index contributed by atoms with van der Waals surface area (Å²) in [5.74, 6) is 1.16. The van der Waals surface area contributed by atoms with Gasteiger partial charge in [0.2, 0.25) is 0 Å². The third-order valence-corrected chi connectivity index (χ3v) is 3.09. The van der Waals surface area contributed by atoms with E-state index in [1.807, 2.05) is 45.0 Å². The summed E-state index contributed by atoms with van der Waals surface area (Å²) < 4.78 is 10.7. The first-order valence-electron chi connectivity index (χ1n) is 7.05. The molecule has 118 valence electrons. The molecule has 0 aliphatic carbocycles. The Morgan fingerprint density at radius 3 is 2.14 bits per heavy atom. The van der Waals surface area contributed by atoms with Crippen LogP contribution in [-0.4, -0.2) is 19.1 Å². The Bertz CT molecular complexity index is 653. The fraction of sp³-hybridized carbons (Fsp3) is 0.294. The zero-order valence-electron chi connectivity index (χ0n) is 13.5. The van der Waals surface area contributed by atoms with E-state index in [1.54, 1.807) is 7.11 Å². The van der Waals surface area contributed by atoms with Crippen molar-refractivity contribution < 1.29 is 14.4 Å². The molecule has 0 N–H and O–H groups in total. The molecular formula is C17H21NO4. The predicted molar refractivity (Wildman–Crippen MR) is 87.7 cm³/mol. The molecule has 0 heterocycles. The van der Waals surface area contributed by atoms with Crippen LogP contribution in [0.3, 0.4) is 0 Å². The van der Waals surface area contributed by atoms with E-state index in [9.17, 15) is 10.1 Å². The summed E-state index contributed by atoms with van der Waals surface area (Å²) in [4.78, 5) is 10.5. The van der Waals surface area contributed by atoms with E-state index in [0.29, 0.717) is 11.5 Å². The summed E-state index contributed by atoms with van der Waals surface area (Å²) in [6.45, 7) is 5.82. The largest absolute Gasteiger partial charge is 0.496 e. The topological polar surface area (TPSA) is 61.6 Å². The fourth-order valence-corrected chi connectivity index (χ4v) is 2.20. The van der Waals surface area contributed by atoms with Crippen LogP contribution in [-0.2, 0) is 0 Å². The van der Waals surface area contributed by atoms with Crippen LogP contribution in [0.1, 0.15) is 19.4 Å². The number of hydrogen-bond acceptors (Lipinski definition) is 4. The lowest BCUT2D eigenvalue weighted by Crippen LogP contribution is -1.97. The molecule has 0 atom stereocenters. The summed E-state index contributed by atoms with van der Waals surface area (Å²) in [5.41, 5.74) is 2.42. The van der Waals surface area contributed by atoms with Crippen LogP contribution in [0.2, 0.25) is 0 Å². The predicted octanol–water partition coefficient (Wildman–Crippen LogP) is 4.61. The molecule has 0 radical (unpaired) electrons. The van der Waals surface area contributed by atoms with Gasteiger partial charge in [-0.15, -0.1) is 0 Å². The van der Waals surface area contributed by atoms with Crippen molar-refractivity contribution in [2.24, 2.45) is 0 Å². The molecular weight excluding hydrogens is 282 g/mol. The first-order chi connectivity index (χ1) is 10.6. The molecule has 2 aromatic carbocycles. The maximum absolute atomic E-state index is 10.9. The standard InChI is InChI=1S/C15H15NO4.C2H6/c1-10-8-11(16(17)18)9-14(20-3)15(10)12-6-4-5-7-13(12)19-2;1-2/h4-9H,1-3H3;1-2H3. The molecule has 0 aliphatic rings. The Labute approximate surface area is 130 Å². The van der Waals surface area contributed by atoms with Crippen molar-refractivity contribution in [2.45, 2.75) is 20.8 Å². The van der Waals surface area contributed by atoms with Gasteiger partial charge in [0.25, 0.3) is 5.69 Å². The minimum absolute atomic E-state index is 0.0120. The number of nitro benzene ring substituents is 1. The number of para-hydroxylation sites is 1. The molecule has 5 heteroatoms. The van der Waals surface area contributed by atoms with Crippen LogP contribution >= 0.6 is 0 Å². The minimum Gasteiger partial charge on any atom is -0.496 e. The summed E-state index contributed by atoms with van der Waals surface area (Å²) in [6, 6.07) is 10.5. The van der Waals surface area contributed by atoms with Gasteiger partial charge in [-0.05, 0) is 18.6 Å². The summed E-state index contributed by atoms with van der Waals surface area (Å²) in [7, 11) is 3.09. The molecule has 0 saturated carbocycles. The zero-order chi connectivity index (χ0) is 16.7. The molecule has 0 spiro atoms. The van der Waals surface area contributed by atoms with Crippen LogP contribution in [0.15, 0.2) is 36.4 Å². The number of rotatable bonds is 4. The van der Waals surface area contributed by atoms with Crippen molar-refractivity contribution in [3.05, 3.63) is 52.1 Å². The molecule has 0 unspecified atom stereocenters. The van der Waals surface area contributed by atoms with Gasteiger partial charge >= 0.3 is 0 Å². The summed E-state index contributed by atoms with van der Waals surface area (Å²) in [6.07, 6.45) is 0. The van der Waals surface area contributed by atoms with Crippen LogP contribution in [0, 0.1) is 17.0 Å². The Balaban J connectivity index is 0.00000116. The van der Waals surface area contributed by atoms with E-state index < -0.39 is 4.92 Å². The highest BCUT2D eigenvalue weighted by atomic mass is 16.6. The van der Waals surface area contributed by atoms with Gasteiger partial charge < -0.3 is 9.47 Å². The van der Waals surface area contributed by atoms with Gasteiger partial charge in [-0.3, -0.25) is 10.1 Å². The Hall–Kier alpha value is -2.56. The van der Waals surface area contributed by atoms with Crippen molar-refractivity contribution in [1.82, 2.24) is 0 Å². The van der Waals surface area contributed by atoms with Gasteiger partial charge in [0.15, 0.2) is 0 Å². The third-order valence-electron chi connectivity index (χ3n) is 3.09. The van der Waals surface area contributed by atoms with Crippen molar-refractivity contribution in [2.75, 3.05) is 14.2 Å². The number of hydrogen-bond donors (Lipinski definition) is 0. The Morgan fingerprint density at radius 2 is 1.59 bits per heavy atom. The number of benzene rings is 2. The van der Waals surface area contributed by atoms with Crippen molar-refractivity contribution in [3.8, 4) is 22.6 Å². The highest BCUT2D eigenvalue weighted by molar-refractivity contribution is 5.80. The number of methoxy groups -OCH3 is 2. The number of nitro groups is 1. The van der Waals surface area contributed by atoms with Crippen LogP contribution in [0.4, 0.5) is 5.69 Å². The van der Waals surface area contributed by atoms with E-state index in [-0.39, 0.29) is 5.69 Å². The van der Waals surface area contributed by atoms with Crippen molar-refractivity contribution in [3.63, 3.8) is 0 Å². The lowest BCUT2D eigenvalue weighted by Gasteiger charge is -2.14. The molecule has 2 aromatic rings. The molecule has 0 aromatic heterocycles. The van der Waals surface area contributed by atoms with E-state index in [1.165, 1.54) is 19.2 Å². The Kier molecular flexibility index (Phi) is 6.38. The smallest absolute Gasteiger partial charge is 0.273 e. The lowest BCUT2D eigenvalue weighted by atomic mass is 9.98. The SMILES string of the molecule is CC.COc1ccccc1-c1c(C)cc([N+](=O)[O-])cc1OC. The highest BCUT2D eigenvalue weighted by Crippen LogP contribution is 2.40. The molecule has 22 heavy (non-hydrogen) atoms. The average molecular weight is 303 g/mol. The van der Waals surface area contributed by atoms with Gasteiger partial charge in [-0.1, -0.05) is 32.0 Å². The summed E-state index contributed by atoms with van der Waals surface area (Å²) >= 11 is 0. The number of nitrogens with zero attached hydrogens (tertiary/aromatic N) is 1. The minimum atomic E-state index is -0.429. The van der Waals surface area contributed by atoms with Crippen molar-refractivity contribution in [1.29, 1.82) is 0 Å². The van der Waals surface area contributed by atoms with Crippen LogP contribution in [0.5, 0.6) is 11.5 Å². The van der Waals surface area contributed by atoms with Gasteiger partial charge in [-0.25, -0.2) is 0 Å². The monoisotopic (exact) mass is 303 g/mol. The lowest BCUT2D eigenvalue weighted by molar-refractivity contribution is -0.385. The third kappa shape index (κ3) is 3.55. The molecule has 2 rings (SSSR count). The van der Waals surface area contributed by atoms with Gasteiger partial charge in [-0.2, -0.15) is 0 Å². The number of non-ortho nitro benzene ring substituents is 1. The van der Waals surface area contributed by atoms with Gasteiger partial charge in [0.05, 0.1) is 25.2 Å². The van der Waals surface area contributed by atoms with Gasteiger partial charge in [0, 0.05) is 17.2 Å². The van der Waals surface area contributed by atoms with Crippen molar-refractivity contribution >= 4 is 5.69 Å². The highest BCUT2D eigenvalue weighted by Gasteiger charge is 2.18. The summed E-state index contributed by atoms with van der Waals surface area (Å²) in [5, 5.41) is 10.9. The zero-order valence-corrected chi connectivity index (χ0v) is 13.5. The second-order valence-corrected chi connectivity index (χ2v) is 4.30. The Morgan fingerprint density at radius 1 is 1.00 bits per heavy atom. The quantitative estimate of drug-likeness (QED) is 0.611. The molecule has 0 bridgehead atoms. The normalized spacial score (nSPS) is 9.50. The van der Waals surface area contributed by atoms with E-state index >= 15 is 0 Å². The first-order valence-corrected chi connectivity index (χ1v) is 7.05. The van der Waals surface area contributed by atoms with E-state index in [4.69, 9.17) is 9.47 Å². The number of ether oxygens (including phenoxy) is 2. The van der Waals surface area contributed by atoms with Crippen LogP contribution < -0.4 is 9.47 Å². The number of aryl methyl sites for hydroxylation is 1. The molecule has 0 amide bonds. The maximum atomic E-state index is 10.9. The van der Waals surface area contributed by atoms with Crippen LogP contribution in [0.25, 0.3) is 11.1 Å². The van der Waals surface area contributed by atoms with E-state index in [2.05, 4.69) is 0 Å². The second-order valence-electron chi connectivity index (χ2n) is 4.30. The molecule has 5 nitrogen and oxygen atoms in total. The second kappa shape index (κ2) is 8.02. The van der Waals surface area contributed by atoms with E-state index in [0.717, 1.165) is 16.7 Å². The maximum Gasteiger partial charge on any atom is 0.273 e. The fourth-order valence-electron chi connectivity index (χ4n) is 2.20. The molecule has 0 saturated heterocycles. The average Bonchev–Trinajstić information content (AvgIpc) is 2.55. The van der Waals surface area contributed by atoms with Gasteiger partial charge in [0.1, 0.15) is 11.5 Å². The first kappa shape index (κ1) is 17.5.